The van der Waals surface area contributed by atoms with Crippen molar-refractivity contribution >= 4 is 32.9 Å². The topological polar surface area (TPSA) is 29.9 Å². The Hall–Kier alpha value is -2.59. The van der Waals surface area contributed by atoms with Crippen molar-refractivity contribution in [3.63, 3.8) is 0 Å². The maximum absolute atomic E-state index is 4.90. The first-order valence-electron chi connectivity index (χ1n) is 9.80. The Morgan fingerprint density at radius 3 is 2.43 bits per heavy atom. The van der Waals surface area contributed by atoms with E-state index in [1.807, 2.05) is 0 Å². The Kier molecular flexibility index (Phi) is 4.44. The number of nitrogens with one attached hydrogen (secondary N) is 1. The Morgan fingerprint density at radius 1 is 0.964 bits per heavy atom. The van der Waals surface area contributed by atoms with Crippen LogP contribution in [0, 0.1) is 0 Å². The first kappa shape index (κ1) is 17.5. The van der Waals surface area contributed by atoms with Gasteiger partial charge < -0.3 is 9.88 Å². The number of imidazole rings is 1. The molecule has 0 bridgehead atoms. The van der Waals surface area contributed by atoms with E-state index in [2.05, 4.69) is 106 Å². The molecule has 0 saturated carbocycles. The van der Waals surface area contributed by atoms with E-state index in [1.54, 1.807) is 0 Å². The molecule has 1 aromatic heterocycles. The number of hydrogen-bond acceptors (Lipinski definition) is 2. The number of fused-ring (bicyclic) bond motifs is 3. The lowest BCUT2D eigenvalue weighted by molar-refractivity contribution is 0.477. The van der Waals surface area contributed by atoms with Gasteiger partial charge in [-0.15, -0.1) is 0 Å². The zero-order valence-corrected chi connectivity index (χ0v) is 17.4. The van der Waals surface area contributed by atoms with Crippen molar-refractivity contribution in [3.8, 4) is 0 Å². The van der Waals surface area contributed by atoms with Crippen molar-refractivity contribution in [2.24, 2.45) is 0 Å². The fourth-order valence-electron chi connectivity index (χ4n) is 4.18. The van der Waals surface area contributed by atoms with Gasteiger partial charge in [-0.1, -0.05) is 71.4 Å². The molecule has 4 heteroatoms. The van der Waals surface area contributed by atoms with Crippen molar-refractivity contribution < 1.29 is 0 Å². The number of aryl methyl sites for hydroxylation is 1. The number of benzene rings is 3. The molecular weight excluding hydrogens is 410 g/mol. The van der Waals surface area contributed by atoms with Crippen LogP contribution < -0.4 is 5.32 Å². The second kappa shape index (κ2) is 7.10. The summed E-state index contributed by atoms with van der Waals surface area (Å²) in [6.07, 6.45) is 2.05. The fourth-order valence-corrected chi connectivity index (χ4v) is 4.44. The summed E-state index contributed by atoms with van der Waals surface area (Å²) in [6.45, 7) is 2.20. The van der Waals surface area contributed by atoms with Gasteiger partial charge >= 0.3 is 0 Å². The number of halogens is 1. The van der Waals surface area contributed by atoms with Gasteiger partial charge in [0.1, 0.15) is 0 Å². The van der Waals surface area contributed by atoms with Gasteiger partial charge in [-0.3, -0.25) is 0 Å². The maximum Gasteiger partial charge on any atom is 0.204 e. The summed E-state index contributed by atoms with van der Waals surface area (Å²) in [6, 6.07) is 26.6. The predicted molar refractivity (Wildman–Crippen MR) is 119 cm³/mol. The predicted octanol–water partition coefficient (Wildman–Crippen LogP) is 6.51. The van der Waals surface area contributed by atoms with E-state index in [0.717, 1.165) is 28.8 Å². The van der Waals surface area contributed by atoms with Crippen molar-refractivity contribution in [1.82, 2.24) is 9.55 Å². The van der Waals surface area contributed by atoms with Gasteiger partial charge in [0.05, 0.1) is 23.1 Å². The van der Waals surface area contributed by atoms with E-state index in [9.17, 15) is 0 Å². The van der Waals surface area contributed by atoms with Gasteiger partial charge in [0, 0.05) is 4.47 Å². The maximum atomic E-state index is 4.90. The van der Waals surface area contributed by atoms with Crippen LogP contribution in [0.3, 0.4) is 0 Å². The number of rotatable bonds is 3. The Bertz CT molecular complexity index is 1110. The number of nitrogens with zero attached hydrogens (tertiary/aromatic N) is 2. The van der Waals surface area contributed by atoms with Crippen LogP contribution in [-0.2, 0) is 6.42 Å². The molecule has 2 atom stereocenters. The zero-order valence-electron chi connectivity index (χ0n) is 15.8. The van der Waals surface area contributed by atoms with Gasteiger partial charge in [-0.05, 0) is 53.8 Å². The summed E-state index contributed by atoms with van der Waals surface area (Å²) < 4.78 is 3.47. The number of para-hydroxylation sites is 2. The highest BCUT2D eigenvalue weighted by Gasteiger charge is 2.30. The molecule has 2 heterocycles. The second-order valence-electron chi connectivity index (χ2n) is 7.39. The summed E-state index contributed by atoms with van der Waals surface area (Å²) >= 11 is 3.54. The molecule has 140 valence electrons. The molecule has 0 radical (unpaired) electrons. The lowest BCUT2D eigenvalue weighted by atomic mass is 9.92. The van der Waals surface area contributed by atoms with E-state index in [0.29, 0.717) is 0 Å². The van der Waals surface area contributed by atoms with Crippen LogP contribution in [-0.4, -0.2) is 9.55 Å². The summed E-state index contributed by atoms with van der Waals surface area (Å²) in [7, 11) is 0. The van der Waals surface area contributed by atoms with Gasteiger partial charge in [-0.2, -0.15) is 0 Å². The first-order chi connectivity index (χ1) is 13.7. The first-order valence-corrected chi connectivity index (χ1v) is 10.6. The molecule has 0 aliphatic carbocycles. The molecular formula is C24H22BrN3. The largest absolute Gasteiger partial charge is 0.349 e. The molecule has 0 unspecified atom stereocenters. The van der Waals surface area contributed by atoms with E-state index in [4.69, 9.17) is 4.98 Å². The van der Waals surface area contributed by atoms with Gasteiger partial charge in [0.25, 0.3) is 0 Å². The van der Waals surface area contributed by atoms with Gasteiger partial charge in [0.2, 0.25) is 5.95 Å². The smallest absolute Gasteiger partial charge is 0.204 e. The normalized spacial score (nSPS) is 18.6. The highest BCUT2D eigenvalue weighted by atomic mass is 79.9. The Morgan fingerprint density at radius 2 is 1.68 bits per heavy atom. The number of aromatic nitrogens is 2. The molecule has 4 aromatic rings. The molecule has 1 N–H and O–H groups in total. The molecule has 0 amide bonds. The highest BCUT2D eigenvalue weighted by Crippen LogP contribution is 2.41. The lowest BCUT2D eigenvalue weighted by Crippen LogP contribution is -2.27. The minimum Gasteiger partial charge on any atom is -0.349 e. The Balaban J connectivity index is 1.63. The quantitative estimate of drug-likeness (QED) is 0.400. The molecule has 1 aliphatic heterocycles. The third-order valence-electron chi connectivity index (χ3n) is 5.71. The van der Waals surface area contributed by atoms with Crippen LogP contribution >= 0.6 is 15.9 Å². The van der Waals surface area contributed by atoms with Crippen LogP contribution in [0.25, 0.3) is 11.0 Å². The average Bonchev–Trinajstić information content (AvgIpc) is 3.12. The van der Waals surface area contributed by atoms with Gasteiger partial charge in [-0.25, -0.2) is 4.98 Å². The SMILES string of the molecule is CCc1ccc([C@@H]2C[C@@H](c3ccc(Br)cc3)Nc3nc4ccccc4n32)cc1. The molecule has 5 rings (SSSR count). The third-order valence-corrected chi connectivity index (χ3v) is 6.24. The lowest BCUT2D eigenvalue weighted by Gasteiger charge is -2.33. The zero-order chi connectivity index (χ0) is 19.1. The standard InChI is InChI=1S/C24H22BrN3/c1-2-16-7-9-18(10-8-16)23-15-21(17-11-13-19(25)14-12-17)27-24-26-20-5-3-4-6-22(20)28(23)24/h3-14,21,23H,2,15H2,1H3,(H,26,27)/t21-,23-/m0/s1. The molecule has 0 spiro atoms. The molecule has 0 saturated heterocycles. The summed E-state index contributed by atoms with van der Waals surface area (Å²) in [5.41, 5.74) is 6.22. The fraction of sp³-hybridized carbons (Fsp3) is 0.208. The number of hydrogen-bond donors (Lipinski definition) is 1. The van der Waals surface area contributed by atoms with Crippen LogP contribution in [0.1, 0.15) is 42.1 Å². The van der Waals surface area contributed by atoms with Crippen LogP contribution in [0.4, 0.5) is 5.95 Å². The van der Waals surface area contributed by atoms with Crippen molar-refractivity contribution in [1.29, 1.82) is 0 Å². The van der Waals surface area contributed by atoms with E-state index in [1.165, 1.54) is 22.2 Å². The van der Waals surface area contributed by atoms with Crippen LogP contribution in [0.2, 0.25) is 0 Å². The van der Waals surface area contributed by atoms with Crippen molar-refractivity contribution in [2.45, 2.75) is 31.8 Å². The monoisotopic (exact) mass is 431 g/mol. The minimum absolute atomic E-state index is 0.230. The molecule has 3 aromatic carbocycles. The molecule has 3 nitrogen and oxygen atoms in total. The summed E-state index contributed by atoms with van der Waals surface area (Å²) in [4.78, 5) is 4.90. The van der Waals surface area contributed by atoms with Crippen LogP contribution in [0.15, 0.2) is 77.3 Å². The summed E-state index contributed by atoms with van der Waals surface area (Å²) in [5, 5.41) is 3.68. The van der Waals surface area contributed by atoms with E-state index >= 15 is 0 Å². The molecule has 1 aliphatic rings. The highest BCUT2D eigenvalue weighted by molar-refractivity contribution is 9.10. The van der Waals surface area contributed by atoms with Crippen molar-refractivity contribution in [2.75, 3.05) is 5.32 Å². The second-order valence-corrected chi connectivity index (χ2v) is 8.30. The van der Waals surface area contributed by atoms with Crippen molar-refractivity contribution in [3.05, 3.63) is 94.0 Å². The molecule has 28 heavy (non-hydrogen) atoms. The third kappa shape index (κ3) is 3.02. The van der Waals surface area contributed by atoms with E-state index < -0.39 is 0 Å². The van der Waals surface area contributed by atoms with Gasteiger partial charge in [0.15, 0.2) is 0 Å². The van der Waals surface area contributed by atoms with E-state index in [-0.39, 0.29) is 12.1 Å². The number of anilines is 1. The summed E-state index contributed by atoms with van der Waals surface area (Å²) in [5.74, 6) is 0.949. The minimum atomic E-state index is 0.230. The molecule has 0 fully saturated rings. The Labute approximate surface area is 173 Å². The van der Waals surface area contributed by atoms with Crippen LogP contribution in [0.5, 0.6) is 0 Å². The average molecular weight is 432 g/mol.